The van der Waals surface area contributed by atoms with Crippen LogP contribution in [0.3, 0.4) is 0 Å². The normalized spacial score (nSPS) is 14.6. The number of nitrogens with zero attached hydrogens (tertiary/aromatic N) is 3. The summed E-state index contributed by atoms with van der Waals surface area (Å²) in [7, 11) is 0. The van der Waals surface area contributed by atoms with Crippen LogP contribution in [0.1, 0.15) is 16.7 Å². The summed E-state index contributed by atoms with van der Waals surface area (Å²) in [5, 5.41) is 9.40. The highest BCUT2D eigenvalue weighted by molar-refractivity contribution is 7.99. The Morgan fingerprint density at radius 1 is 1.10 bits per heavy atom. The third kappa shape index (κ3) is 4.26. The number of nitriles is 1. The molecule has 3 aromatic rings. The fraction of sp³-hybridized carbons (Fsp3) is 0.273. The Labute approximate surface area is 179 Å². The van der Waals surface area contributed by atoms with E-state index < -0.39 is 23.0 Å². The number of hydrogen-bond acceptors (Lipinski definition) is 4. The molecule has 0 saturated carbocycles. The number of aromatic nitrogens is 1. The van der Waals surface area contributed by atoms with E-state index in [0.717, 1.165) is 29.7 Å². The summed E-state index contributed by atoms with van der Waals surface area (Å²) >= 11 is 1.78. The molecule has 0 aliphatic carbocycles. The van der Waals surface area contributed by atoms with Gasteiger partial charge in [0.25, 0.3) is 0 Å². The molecular weight excluding hydrogens is 430 g/mol. The van der Waals surface area contributed by atoms with Crippen molar-refractivity contribution in [1.29, 1.82) is 5.26 Å². The van der Waals surface area contributed by atoms with Crippen molar-refractivity contribution in [2.24, 2.45) is 0 Å². The van der Waals surface area contributed by atoms with Gasteiger partial charge in [0, 0.05) is 37.3 Å². The minimum Gasteiger partial charge on any atom is -0.367 e. The number of pyridine rings is 1. The van der Waals surface area contributed by atoms with Crippen LogP contribution in [0.2, 0.25) is 0 Å². The van der Waals surface area contributed by atoms with Gasteiger partial charge in [0.05, 0.1) is 22.2 Å². The SMILES string of the molecule is N#Cc1cn(Cc2ccc(C(F)(F)F)cc2)c2cc(N3CCSCC3)c(F)cc2c1=O. The zero-order valence-electron chi connectivity index (χ0n) is 16.2. The molecule has 2 heterocycles. The van der Waals surface area contributed by atoms with Gasteiger partial charge in [-0.2, -0.15) is 30.2 Å². The molecule has 0 atom stereocenters. The molecule has 0 unspecified atom stereocenters. The van der Waals surface area contributed by atoms with Crippen LogP contribution in [0.25, 0.3) is 10.9 Å². The summed E-state index contributed by atoms with van der Waals surface area (Å²) < 4.78 is 55.0. The lowest BCUT2D eigenvalue weighted by Gasteiger charge is -2.29. The molecule has 0 radical (unpaired) electrons. The monoisotopic (exact) mass is 447 g/mol. The van der Waals surface area contributed by atoms with Gasteiger partial charge in [-0.05, 0) is 29.8 Å². The fourth-order valence-electron chi connectivity index (χ4n) is 3.65. The largest absolute Gasteiger partial charge is 0.416 e. The van der Waals surface area contributed by atoms with E-state index in [9.17, 15) is 27.6 Å². The van der Waals surface area contributed by atoms with Crippen LogP contribution >= 0.6 is 11.8 Å². The molecule has 1 aliphatic heterocycles. The van der Waals surface area contributed by atoms with Gasteiger partial charge >= 0.3 is 6.18 Å². The standard InChI is InChI=1S/C22H17F4N3OS/c23-18-9-17-19(10-20(18)28-5-7-31-8-6-28)29(13-15(11-27)21(17)30)12-14-1-3-16(4-2-14)22(24,25)26/h1-4,9-10,13H,5-8,12H2. The van der Waals surface area contributed by atoms with Gasteiger partial charge in [0.2, 0.25) is 5.43 Å². The van der Waals surface area contributed by atoms with Gasteiger partial charge < -0.3 is 9.47 Å². The molecule has 31 heavy (non-hydrogen) atoms. The molecule has 0 amide bonds. The first-order valence-electron chi connectivity index (χ1n) is 9.53. The predicted molar refractivity (Wildman–Crippen MR) is 113 cm³/mol. The van der Waals surface area contributed by atoms with Gasteiger partial charge in [-0.3, -0.25) is 4.79 Å². The molecule has 0 bridgehead atoms. The zero-order chi connectivity index (χ0) is 22.2. The first-order valence-corrected chi connectivity index (χ1v) is 10.7. The first-order chi connectivity index (χ1) is 14.8. The van der Waals surface area contributed by atoms with E-state index in [1.54, 1.807) is 22.4 Å². The topological polar surface area (TPSA) is 49.0 Å². The molecule has 4 rings (SSSR count). The van der Waals surface area contributed by atoms with Crippen LogP contribution in [0, 0.1) is 17.1 Å². The van der Waals surface area contributed by atoms with Gasteiger partial charge in [0.15, 0.2) is 0 Å². The Bertz CT molecular complexity index is 1220. The molecular formula is C22H17F4N3OS. The number of alkyl halides is 3. The van der Waals surface area contributed by atoms with E-state index >= 15 is 0 Å². The Morgan fingerprint density at radius 2 is 1.77 bits per heavy atom. The Kier molecular flexibility index (Phi) is 5.67. The number of halogens is 4. The second kappa shape index (κ2) is 8.27. The maximum Gasteiger partial charge on any atom is 0.416 e. The summed E-state index contributed by atoms with van der Waals surface area (Å²) in [6.45, 7) is 1.48. The number of fused-ring (bicyclic) bond motifs is 1. The molecule has 1 aromatic heterocycles. The second-order valence-corrected chi connectivity index (χ2v) is 8.45. The Balaban J connectivity index is 1.82. The van der Waals surface area contributed by atoms with Crippen molar-refractivity contribution in [1.82, 2.24) is 4.57 Å². The van der Waals surface area contributed by atoms with Gasteiger partial charge in [-0.25, -0.2) is 4.39 Å². The summed E-state index contributed by atoms with van der Waals surface area (Å²) in [6.07, 6.45) is -3.06. The third-order valence-electron chi connectivity index (χ3n) is 5.26. The molecule has 1 aliphatic rings. The summed E-state index contributed by atoms with van der Waals surface area (Å²) in [5.41, 5.74) is -0.119. The van der Waals surface area contributed by atoms with Crippen LogP contribution in [0.4, 0.5) is 23.2 Å². The van der Waals surface area contributed by atoms with Crippen molar-refractivity contribution in [3.8, 4) is 6.07 Å². The lowest BCUT2D eigenvalue weighted by molar-refractivity contribution is -0.137. The van der Waals surface area contributed by atoms with Gasteiger partial charge in [-0.1, -0.05) is 12.1 Å². The van der Waals surface area contributed by atoms with E-state index in [1.165, 1.54) is 18.3 Å². The minimum atomic E-state index is -4.43. The summed E-state index contributed by atoms with van der Waals surface area (Å²) in [5.74, 6) is 1.19. The molecule has 1 fully saturated rings. The quantitative estimate of drug-likeness (QED) is 0.550. The smallest absolute Gasteiger partial charge is 0.367 e. The number of hydrogen-bond donors (Lipinski definition) is 0. The lowest BCUT2D eigenvalue weighted by Crippen LogP contribution is -2.33. The zero-order valence-corrected chi connectivity index (χ0v) is 17.1. The molecule has 0 N–H and O–H groups in total. The molecule has 160 valence electrons. The number of rotatable bonds is 3. The highest BCUT2D eigenvalue weighted by atomic mass is 32.2. The van der Waals surface area contributed by atoms with Crippen LogP contribution in [0.5, 0.6) is 0 Å². The molecule has 4 nitrogen and oxygen atoms in total. The Hall–Kier alpha value is -2.99. The van der Waals surface area contributed by atoms with E-state index in [-0.39, 0.29) is 17.5 Å². The van der Waals surface area contributed by atoms with E-state index in [0.29, 0.717) is 29.9 Å². The van der Waals surface area contributed by atoms with Gasteiger partial charge in [-0.15, -0.1) is 0 Å². The van der Waals surface area contributed by atoms with Crippen molar-refractivity contribution in [3.63, 3.8) is 0 Å². The van der Waals surface area contributed by atoms with Gasteiger partial charge in [0.1, 0.15) is 17.4 Å². The molecule has 0 spiro atoms. The number of benzene rings is 2. The third-order valence-corrected chi connectivity index (χ3v) is 6.20. The minimum absolute atomic E-state index is 0.0681. The van der Waals surface area contributed by atoms with Crippen LogP contribution in [0.15, 0.2) is 47.4 Å². The van der Waals surface area contributed by atoms with Crippen LogP contribution in [-0.2, 0) is 12.7 Å². The molecule has 2 aromatic carbocycles. The lowest BCUT2D eigenvalue weighted by atomic mass is 10.1. The van der Waals surface area contributed by atoms with Crippen molar-refractivity contribution >= 4 is 28.4 Å². The number of anilines is 1. The van der Waals surface area contributed by atoms with Crippen LogP contribution in [-0.4, -0.2) is 29.2 Å². The fourth-order valence-corrected chi connectivity index (χ4v) is 4.56. The predicted octanol–water partition coefficient (Wildman–Crippen LogP) is 4.63. The highest BCUT2D eigenvalue weighted by Crippen LogP contribution is 2.30. The Morgan fingerprint density at radius 3 is 2.39 bits per heavy atom. The average molecular weight is 447 g/mol. The summed E-state index contributed by atoms with van der Waals surface area (Å²) in [6, 6.07) is 9.24. The second-order valence-electron chi connectivity index (χ2n) is 7.23. The maximum absolute atomic E-state index is 14.8. The van der Waals surface area contributed by atoms with Crippen molar-refractivity contribution in [3.05, 3.63) is 75.3 Å². The highest BCUT2D eigenvalue weighted by Gasteiger charge is 2.30. The van der Waals surface area contributed by atoms with Crippen LogP contribution < -0.4 is 10.3 Å². The van der Waals surface area contributed by atoms with E-state index in [2.05, 4.69) is 0 Å². The molecule has 9 heteroatoms. The van der Waals surface area contributed by atoms with E-state index in [1.807, 2.05) is 11.0 Å². The van der Waals surface area contributed by atoms with Crippen molar-refractivity contribution in [2.75, 3.05) is 29.5 Å². The summed E-state index contributed by atoms with van der Waals surface area (Å²) in [4.78, 5) is 14.5. The first kappa shape index (κ1) is 21.2. The maximum atomic E-state index is 14.8. The van der Waals surface area contributed by atoms with E-state index in [4.69, 9.17) is 0 Å². The number of thioether (sulfide) groups is 1. The molecule has 1 saturated heterocycles. The van der Waals surface area contributed by atoms with Crippen molar-refractivity contribution < 1.29 is 17.6 Å². The average Bonchev–Trinajstić information content (AvgIpc) is 2.76. The van der Waals surface area contributed by atoms with Crippen molar-refractivity contribution in [2.45, 2.75) is 12.7 Å².